The molecule has 0 radical (unpaired) electrons. The standard InChI is InChI=1S/C20H21Cl2N5O/c1-12-18(21)28-19(25-12)13-4-6-20(22,7-5-13)15-2-3-16-14(8-15)9-23-10-17-26-24-11-27(16)17/h2-3,8,11,13,23H,4-7,9-10H2,1H3. The summed E-state index contributed by atoms with van der Waals surface area (Å²) in [6.07, 6.45) is 5.39. The predicted molar refractivity (Wildman–Crippen MR) is 107 cm³/mol. The number of aryl methyl sites for hydroxylation is 1. The highest BCUT2D eigenvalue weighted by Gasteiger charge is 2.37. The van der Waals surface area contributed by atoms with Gasteiger partial charge in [0.1, 0.15) is 6.33 Å². The number of benzene rings is 1. The van der Waals surface area contributed by atoms with Gasteiger partial charge in [0.15, 0.2) is 11.7 Å². The third-order valence-corrected chi connectivity index (χ3v) is 6.90. The van der Waals surface area contributed by atoms with Crippen LogP contribution in [0, 0.1) is 6.92 Å². The summed E-state index contributed by atoms with van der Waals surface area (Å²) in [5, 5.41) is 12.0. The van der Waals surface area contributed by atoms with Crippen molar-refractivity contribution >= 4 is 23.2 Å². The fourth-order valence-electron chi connectivity index (χ4n) is 4.31. The van der Waals surface area contributed by atoms with E-state index in [0.717, 1.165) is 55.3 Å². The fourth-order valence-corrected chi connectivity index (χ4v) is 4.77. The lowest BCUT2D eigenvalue weighted by atomic mass is 9.77. The minimum Gasteiger partial charge on any atom is -0.429 e. The Labute approximate surface area is 173 Å². The van der Waals surface area contributed by atoms with Crippen molar-refractivity contribution in [1.82, 2.24) is 25.1 Å². The Morgan fingerprint density at radius 2 is 2.07 bits per heavy atom. The SMILES string of the molecule is Cc1nc(C2CCC(Cl)(c3ccc4c(c3)CNCc3nncn3-4)CC2)oc1Cl. The van der Waals surface area contributed by atoms with Crippen molar-refractivity contribution in [3.63, 3.8) is 0 Å². The second-order valence-electron chi connectivity index (χ2n) is 7.72. The van der Waals surface area contributed by atoms with Gasteiger partial charge in [-0.2, -0.15) is 0 Å². The lowest BCUT2D eigenvalue weighted by Gasteiger charge is -2.35. The molecule has 1 fully saturated rings. The van der Waals surface area contributed by atoms with Crippen LogP contribution in [0.2, 0.25) is 5.22 Å². The Morgan fingerprint density at radius 1 is 1.25 bits per heavy atom. The van der Waals surface area contributed by atoms with Crippen molar-refractivity contribution in [2.45, 2.75) is 56.5 Å². The summed E-state index contributed by atoms with van der Waals surface area (Å²) in [5.74, 6) is 1.94. The highest BCUT2D eigenvalue weighted by atomic mass is 35.5. The number of oxazole rings is 1. The van der Waals surface area contributed by atoms with Crippen LogP contribution in [0.15, 0.2) is 28.9 Å². The summed E-state index contributed by atoms with van der Waals surface area (Å²) in [6, 6.07) is 6.52. The van der Waals surface area contributed by atoms with Crippen LogP contribution in [0.25, 0.3) is 5.69 Å². The van der Waals surface area contributed by atoms with Crippen molar-refractivity contribution in [2.24, 2.45) is 0 Å². The molecule has 3 heterocycles. The molecule has 0 amide bonds. The van der Waals surface area contributed by atoms with Gasteiger partial charge < -0.3 is 9.73 Å². The van der Waals surface area contributed by atoms with Crippen LogP contribution in [0.3, 0.4) is 0 Å². The summed E-state index contributed by atoms with van der Waals surface area (Å²) in [7, 11) is 0. The molecule has 1 aromatic carbocycles. The molecule has 1 aliphatic heterocycles. The lowest BCUT2D eigenvalue weighted by Crippen LogP contribution is -2.26. The van der Waals surface area contributed by atoms with Gasteiger partial charge in [0.2, 0.25) is 5.22 Å². The molecule has 8 heteroatoms. The Morgan fingerprint density at radius 3 is 2.82 bits per heavy atom. The number of nitrogens with zero attached hydrogens (tertiary/aromatic N) is 4. The van der Waals surface area contributed by atoms with E-state index in [0.29, 0.717) is 11.8 Å². The van der Waals surface area contributed by atoms with Gasteiger partial charge in [-0.1, -0.05) is 12.1 Å². The zero-order valence-corrected chi connectivity index (χ0v) is 17.1. The minimum absolute atomic E-state index is 0.278. The first-order valence-corrected chi connectivity index (χ1v) is 10.3. The molecule has 2 aromatic heterocycles. The molecule has 6 nitrogen and oxygen atoms in total. The quantitative estimate of drug-likeness (QED) is 0.616. The summed E-state index contributed by atoms with van der Waals surface area (Å²) >= 11 is 13.2. The molecule has 1 saturated carbocycles. The monoisotopic (exact) mass is 417 g/mol. The third kappa shape index (κ3) is 3.04. The van der Waals surface area contributed by atoms with Gasteiger partial charge in [-0.25, -0.2) is 4.98 Å². The molecule has 3 aromatic rings. The molecule has 5 rings (SSSR count). The van der Waals surface area contributed by atoms with Crippen molar-refractivity contribution in [2.75, 3.05) is 0 Å². The van der Waals surface area contributed by atoms with E-state index in [1.165, 1.54) is 11.1 Å². The zero-order chi connectivity index (χ0) is 19.3. The van der Waals surface area contributed by atoms with E-state index in [-0.39, 0.29) is 10.8 Å². The van der Waals surface area contributed by atoms with Gasteiger partial charge in [-0.15, -0.1) is 21.8 Å². The van der Waals surface area contributed by atoms with E-state index < -0.39 is 0 Å². The first kappa shape index (κ1) is 18.2. The van der Waals surface area contributed by atoms with Crippen LogP contribution in [0.5, 0.6) is 0 Å². The van der Waals surface area contributed by atoms with Crippen LogP contribution in [0.1, 0.15) is 60.1 Å². The average Bonchev–Trinajstić information content (AvgIpc) is 3.24. The fraction of sp³-hybridized carbons (Fsp3) is 0.450. The van der Waals surface area contributed by atoms with Gasteiger partial charge in [-0.05, 0) is 61.4 Å². The number of hydrogen-bond acceptors (Lipinski definition) is 5. The zero-order valence-electron chi connectivity index (χ0n) is 15.6. The maximum atomic E-state index is 7.12. The topological polar surface area (TPSA) is 68.8 Å². The predicted octanol–water partition coefficient (Wildman–Crippen LogP) is 4.61. The molecular formula is C20H21Cl2N5O. The Kier molecular flexibility index (Phi) is 4.45. The first-order chi connectivity index (χ1) is 13.5. The molecule has 146 valence electrons. The second-order valence-corrected chi connectivity index (χ2v) is 8.78. The minimum atomic E-state index is -0.362. The van der Waals surface area contributed by atoms with E-state index in [2.05, 4.69) is 38.7 Å². The number of hydrogen-bond donors (Lipinski definition) is 1. The molecule has 0 bridgehead atoms. The van der Waals surface area contributed by atoms with Crippen molar-refractivity contribution < 1.29 is 4.42 Å². The molecule has 1 aliphatic carbocycles. The summed E-state index contributed by atoms with van der Waals surface area (Å²) in [6.45, 7) is 3.36. The first-order valence-electron chi connectivity index (χ1n) is 9.59. The number of nitrogens with one attached hydrogen (secondary N) is 1. The normalized spacial score (nSPS) is 24.5. The second kappa shape index (κ2) is 6.87. The smallest absolute Gasteiger partial charge is 0.216 e. The Balaban J connectivity index is 1.39. The molecule has 2 aliphatic rings. The van der Waals surface area contributed by atoms with Gasteiger partial charge in [0, 0.05) is 12.5 Å². The van der Waals surface area contributed by atoms with Crippen LogP contribution in [-0.2, 0) is 18.0 Å². The summed E-state index contributed by atoms with van der Waals surface area (Å²) in [5.41, 5.74) is 4.26. The molecule has 0 spiro atoms. The van der Waals surface area contributed by atoms with Crippen molar-refractivity contribution in [1.29, 1.82) is 0 Å². The number of rotatable bonds is 2. The van der Waals surface area contributed by atoms with Crippen molar-refractivity contribution in [3.8, 4) is 5.69 Å². The van der Waals surface area contributed by atoms with Crippen LogP contribution >= 0.6 is 23.2 Å². The van der Waals surface area contributed by atoms with Crippen LogP contribution in [-0.4, -0.2) is 19.7 Å². The van der Waals surface area contributed by atoms with Gasteiger partial charge in [0.05, 0.1) is 22.8 Å². The molecule has 1 N–H and O–H groups in total. The number of aromatic nitrogens is 4. The van der Waals surface area contributed by atoms with E-state index >= 15 is 0 Å². The van der Waals surface area contributed by atoms with Gasteiger partial charge >= 0.3 is 0 Å². The molecule has 0 unspecified atom stereocenters. The van der Waals surface area contributed by atoms with Gasteiger partial charge in [0.25, 0.3) is 0 Å². The lowest BCUT2D eigenvalue weighted by molar-refractivity contribution is 0.315. The molecule has 28 heavy (non-hydrogen) atoms. The number of halogens is 2. The number of alkyl halides is 1. The molecular weight excluding hydrogens is 397 g/mol. The van der Waals surface area contributed by atoms with E-state index in [9.17, 15) is 0 Å². The molecule has 0 saturated heterocycles. The van der Waals surface area contributed by atoms with E-state index in [1.54, 1.807) is 6.33 Å². The highest BCUT2D eigenvalue weighted by molar-refractivity contribution is 6.29. The maximum absolute atomic E-state index is 7.12. The van der Waals surface area contributed by atoms with Crippen LogP contribution in [0.4, 0.5) is 0 Å². The average molecular weight is 418 g/mol. The maximum Gasteiger partial charge on any atom is 0.216 e. The van der Waals surface area contributed by atoms with Crippen LogP contribution < -0.4 is 5.32 Å². The Hall–Kier alpha value is -1.89. The summed E-state index contributed by atoms with van der Waals surface area (Å²) < 4.78 is 7.68. The third-order valence-electron chi connectivity index (χ3n) is 5.96. The van der Waals surface area contributed by atoms with E-state index in [4.69, 9.17) is 27.6 Å². The number of fused-ring (bicyclic) bond motifs is 3. The largest absolute Gasteiger partial charge is 0.429 e. The van der Waals surface area contributed by atoms with Crippen molar-refractivity contribution in [3.05, 3.63) is 58.3 Å². The summed E-state index contributed by atoms with van der Waals surface area (Å²) in [4.78, 5) is 4.11. The van der Waals surface area contributed by atoms with Gasteiger partial charge in [-0.3, -0.25) is 4.57 Å². The van der Waals surface area contributed by atoms with E-state index in [1.807, 2.05) is 11.5 Å². The highest BCUT2D eigenvalue weighted by Crippen LogP contribution is 2.48. The molecule has 0 atom stereocenters. The Bertz CT molecular complexity index is 1000.